The maximum Gasteiger partial charge on any atom is 0.139 e. The Morgan fingerprint density at radius 1 is 1.08 bits per heavy atom. The van der Waals surface area contributed by atoms with Gasteiger partial charge in [0.25, 0.3) is 0 Å². The molecule has 0 spiro atoms. The van der Waals surface area contributed by atoms with Gasteiger partial charge in [0.2, 0.25) is 0 Å². The highest BCUT2D eigenvalue weighted by molar-refractivity contribution is 5.92. The summed E-state index contributed by atoms with van der Waals surface area (Å²) in [6.07, 6.45) is 2.94. The van der Waals surface area contributed by atoms with Gasteiger partial charge in [0.1, 0.15) is 17.1 Å². The monoisotopic (exact) mass is 316 g/mol. The van der Waals surface area contributed by atoms with E-state index in [2.05, 4.69) is 24.8 Å². The first-order chi connectivity index (χ1) is 11.7. The average molecular weight is 316 g/mol. The number of hydrogen-bond acceptors (Lipinski definition) is 2. The molecule has 0 bridgehead atoms. The largest absolute Gasteiger partial charge is 0.461 e. The molecule has 0 radical (unpaired) electrons. The molecule has 0 N–H and O–H groups in total. The van der Waals surface area contributed by atoms with Gasteiger partial charge in [-0.1, -0.05) is 55.1 Å². The van der Waals surface area contributed by atoms with E-state index in [1.54, 1.807) is 0 Å². The van der Waals surface area contributed by atoms with E-state index >= 15 is 0 Å². The van der Waals surface area contributed by atoms with Gasteiger partial charge in [-0.25, -0.2) is 0 Å². The van der Waals surface area contributed by atoms with Crippen molar-refractivity contribution >= 4 is 22.3 Å². The molecule has 1 saturated carbocycles. The van der Waals surface area contributed by atoms with Crippen LogP contribution in [0.5, 0.6) is 0 Å². The van der Waals surface area contributed by atoms with Crippen molar-refractivity contribution in [3.05, 3.63) is 78.6 Å². The molecule has 0 unspecified atom stereocenters. The maximum atomic E-state index is 12.5. The second-order valence-electron chi connectivity index (χ2n) is 6.78. The Hall–Kier alpha value is -2.61. The van der Waals surface area contributed by atoms with E-state index in [0.29, 0.717) is 25.0 Å². The zero-order valence-corrected chi connectivity index (χ0v) is 13.6. The lowest BCUT2D eigenvalue weighted by molar-refractivity contribution is -0.138. The summed E-state index contributed by atoms with van der Waals surface area (Å²) in [5.41, 5.74) is 2.68. The van der Waals surface area contributed by atoms with Gasteiger partial charge < -0.3 is 4.42 Å². The third-order valence-electron chi connectivity index (χ3n) is 5.15. The van der Waals surface area contributed by atoms with Crippen molar-refractivity contribution in [1.82, 2.24) is 0 Å². The lowest BCUT2D eigenvalue weighted by atomic mass is 9.61. The lowest BCUT2D eigenvalue weighted by Crippen LogP contribution is -2.42. The molecule has 24 heavy (non-hydrogen) atoms. The third-order valence-corrected chi connectivity index (χ3v) is 5.15. The molecule has 120 valence electrons. The van der Waals surface area contributed by atoms with Gasteiger partial charge in [-0.05, 0) is 36.1 Å². The summed E-state index contributed by atoms with van der Waals surface area (Å²) in [6, 6.07) is 20.2. The van der Waals surface area contributed by atoms with E-state index in [1.807, 2.05) is 42.5 Å². The Kier molecular flexibility index (Phi) is 3.61. The normalized spacial score (nSPS) is 20.1. The highest BCUT2D eigenvalue weighted by Gasteiger charge is 2.46. The lowest BCUT2D eigenvalue weighted by Gasteiger charge is -2.40. The van der Waals surface area contributed by atoms with Crippen molar-refractivity contribution in [1.29, 1.82) is 0 Å². The number of carbonyl (C=O) groups is 1. The van der Waals surface area contributed by atoms with Gasteiger partial charge in [0.15, 0.2) is 0 Å². The summed E-state index contributed by atoms with van der Waals surface area (Å²) in [7, 11) is 0. The Bertz CT molecular complexity index is 871. The fraction of sp³-hybridized carbons (Fsp3) is 0.227. The van der Waals surface area contributed by atoms with E-state index in [1.165, 1.54) is 0 Å². The van der Waals surface area contributed by atoms with Crippen molar-refractivity contribution in [2.75, 3.05) is 0 Å². The molecule has 0 aliphatic heterocycles. The van der Waals surface area contributed by atoms with Crippen molar-refractivity contribution < 1.29 is 9.21 Å². The number of fused-ring (bicyclic) bond motifs is 1. The number of benzene rings is 2. The number of Topliss-reactive ketones (excluding diaryl/α,β-unsaturated/α-hetero) is 1. The number of ketones is 1. The fourth-order valence-electron chi connectivity index (χ4n) is 3.66. The Labute approximate surface area is 141 Å². The topological polar surface area (TPSA) is 30.2 Å². The number of para-hydroxylation sites is 1. The minimum Gasteiger partial charge on any atom is -0.461 e. The van der Waals surface area contributed by atoms with Crippen LogP contribution in [-0.2, 0) is 11.2 Å². The Morgan fingerprint density at radius 3 is 2.50 bits per heavy atom. The molecular formula is C22H20O2. The smallest absolute Gasteiger partial charge is 0.139 e. The van der Waals surface area contributed by atoms with Crippen molar-refractivity contribution in [2.45, 2.75) is 25.7 Å². The van der Waals surface area contributed by atoms with E-state index in [9.17, 15) is 4.79 Å². The van der Waals surface area contributed by atoms with Crippen LogP contribution >= 0.6 is 0 Å². The average Bonchev–Trinajstić information content (AvgIpc) is 3.02. The second-order valence-corrected chi connectivity index (χ2v) is 6.78. The van der Waals surface area contributed by atoms with Crippen LogP contribution in [0.2, 0.25) is 0 Å². The molecule has 3 aromatic rings. The summed E-state index contributed by atoms with van der Waals surface area (Å²) in [6.45, 7) is 4.23. The quantitative estimate of drug-likeness (QED) is 0.628. The minimum atomic E-state index is -0.346. The first-order valence-corrected chi connectivity index (χ1v) is 8.40. The second kappa shape index (κ2) is 5.79. The van der Waals surface area contributed by atoms with E-state index < -0.39 is 0 Å². The zero-order chi connectivity index (χ0) is 16.6. The van der Waals surface area contributed by atoms with E-state index in [-0.39, 0.29) is 5.41 Å². The first kappa shape index (κ1) is 14.9. The molecule has 1 atom stereocenters. The van der Waals surface area contributed by atoms with Gasteiger partial charge >= 0.3 is 0 Å². The summed E-state index contributed by atoms with van der Waals surface area (Å²) < 4.78 is 5.95. The number of allylic oxidation sites excluding steroid dienone is 1. The Balaban J connectivity index is 1.59. The SMILES string of the molecule is C=C(C[C@]1(Cc2cc3ccccc3o2)CCC1=O)c1ccccc1. The van der Waals surface area contributed by atoms with Crippen molar-refractivity contribution in [3.63, 3.8) is 0 Å². The van der Waals surface area contributed by atoms with Crippen molar-refractivity contribution in [2.24, 2.45) is 5.41 Å². The first-order valence-electron chi connectivity index (χ1n) is 8.40. The maximum absolute atomic E-state index is 12.5. The summed E-state index contributed by atoms with van der Waals surface area (Å²) in [5.74, 6) is 1.23. The molecular weight excluding hydrogens is 296 g/mol. The molecule has 2 aromatic carbocycles. The predicted octanol–water partition coefficient (Wildman–Crippen LogP) is 5.43. The van der Waals surface area contributed by atoms with Crippen LogP contribution in [0.4, 0.5) is 0 Å². The molecule has 1 aliphatic carbocycles. The fourth-order valence-corrected chi connectivity index (χ4v) is 3.66. The molecule has 4 rings (SSSR count). The summed E-state index contributed by atoms with van der Waals surface area (Å²) in [4.78, 5) is 12.5. The van der Waals surface area contributed by atoms with Gasteiger partial charge in [-0.2, -0.15) is 0 Å². The van der Waals surface area contributed by atoms with Crippen LogP contribution in [-0.4, -0.2) is 5.78 Å². The molecule has 1 aromatic heterocycles. The predicted molar refractivity (Wildman–Crippen MR) is 96.7 cm³/mol. The molecule has 0 saturated heterocycles. The molecule has 1 heterocycles. The van der Waals surface area contributed by atoms with E-state index in [4.69, 9.17) is 4.42 Å². The summed E-state index contributed by atoms with van der Waals surface area (Å²) >= 11 is 0. The number of rotatable bonds is 5. The molecule has 1 aliphatic rings. The molecule has 1 fully saturated rings. The van der Waals surface area contributed by atoms with Gasteiger partial charge in [0.05, 0.1) is 0 Å². The molecule has 2 heteroatoms. The van der Waals surface area contributed by atoms with Crippen LogP contribution in [0, 0.1) is 5.41 Å². The van der Waals surface area contributed by atoms with Gasteiger partial charge in [0, 0.05) is 23.6 Å². The summed E-state index contributed by atoms with van der Waals surface area (Å²) in [5, 5.41) is 1.09. The Morgan fingerprint density at radius 2 is 1.83 bits per heavy atom. The molecule has 0 amide bonds. The van der Waals surface area contributed by atoms with Crippen LogP contribution in [0.1, 0.15) is 30.6 Å². The zero-order valence-electron chi connectivity index (χ0n) is 13.6. The molecule has 2 nitrogen and oxygen atoms in total. The highest BCUT2D eigenvalue weighted by Crippen LogP contribution is 2.47. The third kappa shape index (κ3) is 2.58. The van der Waals surface area contributed by atoms with Gasteiger partial charge in [-0.15, -0.1) is 0 Å². The number of hydrogen-bond donors (Lipinski definition) is 0. The van der Waals surface area contributed by atoms with E-state index in [0.717, 1.165) is 34.3 Å². The van der Waals surface area contributed by atoms with Crippen LogP contribution < -0.4 is 0 Å². The van der Waals surface area contributed by atoms with Crippen molar-refractivity contribution in [3.8, 4) is 0 Å². The number of furan rings is 1. The highest BCUT2D eigenvalue weighted by atomic mass is 16.3. The van der Waals surface area contributed by atoms with Crippen LogP contribution in [0.3, 0.4) is 0 Å². The van der Waals surface area contributed by atoms with Crippen LogP contribution in [0.25, 0.3) is 16.5 Å². The van der Waals surface area contributed by atoms with Gasteiger partial charge in [-0.3, -0.25) is 4.79 Å². The standard InChI is InChI=1S/C22H20O2/c1-16(17-7-3-2-4-8-17)14-22(12-11-21(22)23)15-19-13-18-9-5-6-10-20(18)24-19/h2-10,13H,1,11-12,14-15H2/t22-/m0/s1. The van der Waals surface area contributed by atoms with Crippen LogP contribution in [0.15, 0.2) is 71.7 Å². The minimum absolute atomic E-state index is 0.333. The number of carbonyl (C=O) groups excluding carboxylic acids is 1.